The van der Waals surface area contributed by atoms with Crippen molar-refractivity contribution in [3.8, 4) is 11.4 Å². The van der Waals surface area contributed by atoms with Crippen molar-refractivity contribution in [1.82, 2.24) is 15.5 Å². The molecule has 3 aromatic rings. The second-order valence-electron chi connectivity index (χ2n) is 6.57. The lowest BCUT2D eigenvalue weighted by Crippen LogP contribution is -2.32. The molecule has 0 saturated heterocycles. The molecule has 3 rings (SSSR count). The summed E-state index contributed by atoms with van der Waals surface area (Å²) < 4.78 is 30.6. The Balaban J connectivity index is 1.50. The SMILES string of the molecule is CS(=O)(=O)N(CCCC(=O)NCc1nc(-c2ccccc2)no1)c1cccc(Cl)c1. The fraction of sp³-hybridized carbons (Fsp3) is 0.250. The standard InChI is InChI=1S/C20H21ClN4O4S/c1-30(27,28)25(17-10-5-9-16(21)13-17)12-6-11-18(26)22-14-19-23-20(24-29-19)15-7-3-2-4-8-15/h2-5,7-10,13H,6,11-12,14H2,1H3,(H,22,26). The molecule has 2 aromatic carbocycles. The van der Waals surface area contributed by atoms with Gasteiger partial charge in [0, 0.05) is 23.6 Å². The predicted molar refractivity (Wildman–Crippen MR) is 114 cm³/mol. The largest absolute Gasteiger partial charge is 0.347 e. The van der Waals surface area contributed by atoms with Crippen LogP contribution in [0.15, 0.2) is 59.1 Å². The van der Waals surface area contributed by atoms with Gasteiger partial charge in [-0.25, -0.2) is 8.42 Å². The number of carbonyl (C=O) groups excluding carboxylic acids is 1. The number of benzene rings is 2. The second-order valence-corrected chi connectivity index (χ2v) is 8.92. The van der Waals surface area contributed by atoms with Crippen LogP contribution >= 0.6 is 11.6 Å². The van der Waals surface area contributed by atoms with Crippen molar-refractivity contribution in [2.45, 2.75) is 19.4 Å². The monoisotopic (exact) mass is 448 g/mol. The summed E-state index contributed by atoms with van der Waals surface area (Å²) in [5.74, 6) is 0.498. The molecule has 10 heteroatoms. The molecular weight excluding hydrogens is 428 g/mol. The Hall–Kier alpha value is -2.91. The number of halogens is 1. The Labute approximate surface area is 179 Å². The van der Waals surface area contributed by atoms with Gasteiger partial charge in [0.25, 0.3) is 0 Å². The Morgan fingerprint density at radius 3 is 2.63 bits per heavy atom. The fourth-order valence-electron chi connectivity index (χ4n) is 2.79. The van der Waals surface area contributed by atoms with Gasteiger partial charge in [0.05, 0.1) is 18.5 Å². The molecule has 8 nitrogen and oxygen atoms in total. The van der Waals surface area contributed by atoms with Gasteiger partial charge in [-0.05, 0) is 24.6 Å². The van der Waals surface area contributed by atoms with Crippen molar-refractivity contribution in [2.75, 3.05) is 17.1 Å². The summed E-state index contributed by atoms with van der Waals surface area (Å²) in [6.45, 7) is 0.258. The summed E-state index contributed by atoms with van der Waals surface area (Å²) in [6, 6.07) is 15.9. The molecule has 0 saturated carbocycles. The van der Waals surface area contributed by atoms with Gasteiger partial charge < -0.3 is 9.84 Å². The highest BCUT2D eigenvalue weighted by molar-refractivity contribution is 7.92. The number of hydrogen-bond acceptors (Lipinski definition) is 6. The summed E-state index contributed by atoms with van der Waals surface area (Å²) in [6.07, 6.45) is 1.60. The van der Waals surface area contributed by atoms with Gasteiger partial charge in [0.15, 0.2) is 0 Å². The highest BCUT2D eigenvalue weighted by Gasteiger charge is 2.18. The molecule has 0 aliphatic carbocycles. The van der Waals surface area contributed by atoms with E-state index in [9.17, 15) is 13.2 Å². The molecular formula is C20H21ClN4O4S. The minimum atomic E-state index is -3.50. The van der Waals surface area contributed by atoms with E-state index >= 15 is 0 Å². The maximum Gasteiger partial charge on any atom is 0.246 e. The van der Waals surface area contributed by atoms with Crippen LogP contribution in [0.3, 0.4) is 0 Å². The van der Waals surface area contributed by atoms with Crippen LogP contribution in [-0.4, -0.2) is 37.3 Å². The summed E-state index contributed by atoms with van der Waals surface area (Å²) >= 11 is 5.96. The van der Waals surface area contributed by atoms with E-state index in [1.165, 1.54) is 4.31 Å². The zero-order valence-electron chi connectivity index (χ0n) is 16.3. The van der Waals surface area contributed by atoms with Gasteiger partial charge in [-0.3, -0.25) is 9.10 Å². The number of carbonyl (C=O) groups is 1. The quantitative estimate of drug-likeness (QED) is 0.538. The highest BCUT2D eigenvalue weighted by atomic mass is 35.5. The molecule has 1 aromatic heterocycles. The molecule has 1 amide bonds. The number of aromatic nitrogens is 2. The van der Waals surface area contributed by atoms with E-state index in [1.807, 2.05) is 30.3 Å². The van der Waals surface area contributed by atoms with Crippen molar-refractivity contribution in [3.05, 3.63) is 65.5 Å². The van der Waals surface area contributed by atoms with Crippen LogP contribution in [0.4, 0.5) is 5.69 Å². The Morgan fingerprint density at radius 2 is 1.93 bits per heavy atom. The predicted octanol–water partition coefficient (Wildman–Crippen LogP) is 3.25. The van der Waals surface area contributed by atoms with Gasteiger partial charge in [-0.2, -0.15) is 4.98 Å². The van der Waals surface area contributed by atoms with E-state index in [4.69, 9.17) is 16.1 Å². The molecule has 0 aliphatic rings. The Morgan fingerprint density at radius 1 is 1.17 bits per heavy atom. The van der Waals surface area contributed by atoms with Crippen LogP contribution in [-0.2, 0) is 21.4 Å². The van der Waals surface area contributed by atoms with Crippen molar-refractivity contribution in [1.29, 1.82) is 0 Å². The van der Waals surface area contributed by atoms with E-state index in [-0.39, 0.29) is 25.4 Å². The first-order valence-corrected chi connectivity index (χ1v) is 11.4. The third kappa shape index (κ3) is 6.04. The van der Waals surface area contributed by atoms with Crippen molar-refractivity contribution < 1.29 is 17.7 Å². The average molecular weight is 449 g/mol. The van der Waals surface area contributed by atoms with E-state index in [0.29, 0.717) is 28.8 Å². The van der Waals surface area contributed by atoms with Crippen LogP contribution in [0.25, 0.3) is 11.4 Å². The van der Waals surface area contributed by atoms with E-state index in [2.05, 4.69) is 15.5 Å². The first kappa shape index (κ1) is 21.8. The Bertz CT molecular complexity index is 1100. The normalized spacial score (nSPS) is 11.3. The number of anilines is 1. The summed E-state index contributed by atoms with van der Waals surface area (Å²) in [4.78, 5) is 16.4. The van der Waals surface area contributed by atoms with Crippen LogP contribution in [0.5, 0.6) is 0 Å². The van der Waals surface area contributed by atoms with Crippen LogP contribution in [0.1, 0.15) is 18.7 Å². The topological polar surface area (TPSA) is 105 Å². The fourth-order valence-corrected chi connectivity index (χ4v) is 3.94. The van der Waals surface area contributed by atoms with Gasteiger partial charge in [-0.1, -0.05) is 53.2 Å². The number of sulfonamides is 1. The van der Waals surface area contributed by atoms with Crippen LogP contribution < -0.4 is 9.62 Å². The maximum atomic E-state index is 12.1. The molecule has 0 fully saturated rings. The molecule has 158 valence electrons. The average Bonchev–Trinajstić information content (AvgIpc) is 3.18. The van der Waals surface area contributed by atoms with Crippen molar-refractivity contribution in [3.63, 3.8) is 0 Å². The lowest BCUT2D eigenvalue weighted by Gasteiger charge is -2.22. The second kappa shape index (κ2) is 9.73. The lowest BCUT2D eigenvalue weighted by molar-refractivity contribution is -0.121. The molecule has 1 heterocycles. The first-order chi connectivity index (χ1) is 14.3. The smallest absolute Gasteiger partial charge is 0.246 e. The lowest BCUT2D eigenvalue weighted by atomic mass is 10.2. The zero-order chi connectivity index (χ0) is 21.6. The number of hydrogen-bond donors (Lipinski definition) is 1. The molecule has 0 unspecified atom stereocenters. The highest BCUT2D eigenvalue weighted by Crippen LogP contribution is 2.22. The summed E-state index contributed by atoms with van der Waals surface area (Å²) in [5, 5.41) is 7.03. The van der Waals surface area contributed by atoms with Crippen molar-refractivity contribution in [2.24, 2.45) is 0 Å². The maximum absolute atomic E-state index is 12.1. The summed E-state index contributed by atoms with van der Waals surface area (Å²) in [5.41, 5.74) is 1.28. The van der Waals surface area contributed by atoms with E-state index < -0.39 is 10.0 Å². The van der Waals surface area contributed by atoms with Crippen molar-refractivity contribution >= 4 is 33.2 Å². The number of nitrogens with one attached hydrogen (secondary N) is 1. The zero-order valence-corrected chi connectivity index (χ0v) is 17.9. The minimum absolute atomic E-state index is 0.1000. The van der Waals surface area contributed by atoms with E-state index in [1.54, 1.807) is 24.3 Å². The molecule has 1 N–H and O–H groups in total. The van der Waals surface area contributed by atoms with Crippen LogP contribution in [0, 0.1) is 0 Å². The van der Waals surface area contributed by atoms with E-state index in [0.717, 1.165) is 11.8 Å². The number of amides is 1. The Kier molecular flexibility index (Phi) is 7.07. The molecule has 0 bridgehead atoms. The van der Waals surface area contributed by atoms with Gasteiger partial charge in [0.1, 0.15) is 0 Å². The number of nitrogens with zero attached hydrogens (tertiary/aromatic N) is 3. The number of rotatable bonds is 9. The van der Waals surface area contributed by atoms with Gasteiger partial charge >= 0.3 is 0 Å². The summed E-state index contributed by atoms with van der Waals surface area (Å²) in [7, 11) is -3.50. The molecule has 30 heavy (non-hydrogen) atoms. The molecule has 0 aliphatic heterocycles. The molecule has 0 radical (unpaired) electrons. The third-order valence-corrected chi connectivity index (χ3v) is 5.63. The third-order valence-electron chi connectivity index (χ3n) is 4.20. The van der Waals surface area contributed by atoms with Gasteiger partial charge in [0.2, 0.25) is 27.6 Å². The van der Waals surface area contributed by atoms with Gasteiger partial charge in [-0.15, -0.1) is 0 Å². The molecule has 0 spiro atoms. The minimum Gasteiger partial charge on any atom is -0.347 e. The first-order valence-electron chi connectivity index (χ1n) is 9.21. The van der Waals surface area contributed by atoms with Crippen LogP contribution in [0.2, 0.25) is 5.02 Å². The molecule has 0 atom stereocenters.